The SMILES string of the molecule is COc1cccc(NC(=O)Nc2cccc(O)c2)c1. The van der Waals surface area contributed by atoms with E-state index in [1.165, 1.54) is 12.1 Å². The summed E-state index contributed by atoms with van der Waals surface area (Å²) in [5, 5.41) is 14.6. The summed E-state index contributed by atoms with van der Waals surface area (Å²) in [7, 11) is 1.56. The lowest BCUT2D eigenvalue weighted by atomic mass is 10.3. The summed E-state index contributed by atoms with van der Waals surface area (Å²) < 4.78 is 5.07. The average molecular weight is 258 g/mol. The Morgan fingerprint density at radius 1 is 1.05 bits per heavy atom. The largest absolute Gasteiger partial charge is 0.508 e. The molecule has 0 unspecified atom stereocenters. The molecule has 98 valence electrons. The van der Waals surface area contributed by atoms with Crippen LogP contribution in [0.2, 0.25) is 0 Å². The number of urea groups is 1. The highest BCUT2D eigenvalue weighted by molar-refractivity contribution is 5.99. The van der Waals surface area contributed by atoms with E-state index in [1.807, 2.05) is 0 Å². The van der Waals surface area contributed by atoms with Crippen molar-refractivity contribution >= 4 is 17.4 Å². The van der Waals surface area contributed by atoms with Crippen LogP contribution in [0, 0.1) is 0 Å². The van der Waals surface area contributed by atoms with Crippen molar-refractivity contribution < 1.29 is 14.6 Å². The molecule has 2 rings (SSSR count). The molecule has 0 aliphatic carbocycles. The quantitative estimate of drug-likeness (QED) is 0.792. The van der Waals surface area contributed by atoms with E-state index < -0.39 is 0 Å². The number of benzene rings is 2. The summed E-state index contributed by atoms with van der Waals surface area (Å²) in [4.78, 5) is 11.7. The molecule has 5 nitrogen and oxygen atoms in total. The zero-order valence-electron chi connectivity index (χ0n) is 10.4. The van der Waals surface area contributed by atoms with E-state index >= 15 is 0 Å². The van der Waals surface area contributed by atoms with Gasteiger partial charge in [-0.3, -0.25) is 0 Å². The van der Waals surface area contributed by atoms with Gasteiger partial charge >= 0.3 is 6.03 Å². The molecule has 2 aromatic carbocycles. The zero-order chi connectivity index (χ0) is 13.7. The molecule has 0 saturated heterocycles. The van der Waals surface area contributed by atoms with Crippen molar-refractivity contribution in [1.29, 1.82) is 0 Å². The number of carbonyl (C=O) groups is 1. The minimum absolute atomic E-state index is 0.0965. The van der Waals surface area contributed by atoms with Crippen molar-refractivity contribution in [3.63, 3.8) is 0 Å². The van der Waals surface area contributed by atoms with Gasteiger partial charge in [0, 0.05) is 23.5 Å². The fourth-order valence-corrected chi connectivity index (χ4v) is 1.58. The first-order valence-corrected chi connectivity index (χ1v) is 5.68. The first-order valence-electron chi connectivity index (χ1n) is 5.68. The van der Waals surface area contributed by atoms with Gasteiger partial charge < -0.3 is 20.5 Å². The van der Waals surface area contributed by atoms with Gasteiger partial charge in [-0.2, -0.15) is 0 Å². The lowest BCUT2D eigenvalue weighted by molar-refractivity contribution is 0.262. The smallest absolute Gasteiger partial charge is 0.323 e. The first kappa shape index (κ1) is 12.8. The highest BCUT2D eigenvalue weighted by atomic mass is 16.5. The van der Waals surface area contributed by atoms with Crippen LogP contribution >= 0.6 is 0 Å². The Balaban J connectivity index is 2.01. The minimum atomic E-state index is -0.390. The van der Waals surface area contributed by atoms with Crippen LogP contribution in [0.1, 0.15) is 0 Å². The third-order valence-electron chi connectivity index (χ3n) is 2.43. The van der Waals surface area contributed by atoms with Crippen molar-refractivity contribution in [2.45, 2.75) is 0 Å². The Kier molecular flexibility index (Phi) is 3.87. The van der Waals surface area contributed by atoms with Gasteiger partial charge in [0.15, 0.2) is 0 Å². The van der Waals surface area contributed by atoms with E-state index in [0.29, 0.717) is 17.1 Å². The molecule has 0 bridgehead atoms. The number of carbonyl (C=O) groups excluding carboxylic acids is 1. The molecule has 2 aromatic rings. The van der Waals surface area contributed by atoms with Gasteiger partial charge in [-0.05, 0) is 24.3 Å². The first-order chi connectivity index (χ1) is 9.17. The van der Waals surface area contributed by atoms with Crippen molar-refractivity contribution in [3.05, 3.63) is 48.5 Å². The van der Waals surface area contributed by atoms with Crippen LogP contribution in [-0.4, -0.2) is 18.2 Å². The zero-order valence-corrected chi connectivity index (χ0v) is 10.4. The van der Waals surface area contributed by atoms with E-state index in [4.69, 9.17) is 4.74 Å². The van der Waals surface area contributed by atoms with Gasteiger partial charge in [0.2, 0.25) is 0 Å². The van der Waals surface area contributed by atoms with Crippen LogP contribution in [0.25, 0.3) is 0 Å². The third kappa shape index (κ3) is 3.64. The van der Waals surface area contributed by atoms with E-state index in [9.17, 15) is 9.90 Å². The van der Waals surface area contributed by atoms with Gasteiger partial charge in [0.25, 0.3) is 0 Å². The number of aromatic hydroxyl groups is 1. The second-order valence-electron chi connectivity index (χ2n) is 3.86. The Bertz CT molecular complexity index is 584. The Morgan fingerprint density at radius 3 is 2.32 bits per heavy atom. The molecule has 0 aliphatic heterocycles. The van der Waals surface area contributed by atoms with Crippen molar-refractivity contribution in [1.82, 2.24) is 0 Å². The van der Waals surface area contributed by atoms with E-state index in [1.54, 1.807) is 43.5 Å². The van der Waals surface area contributed by atoms with E-state index in [0.717, 1.165) is 0 Å². The van der Waals surface area contributed by atoms with Crippen LogP contribution < -0.4 is 15.4 Å². The molecule has 2 amide bonds. The number of methoxy groups -OCH3 is 1. The molecule has 5 heteroatoms. The standard InChI is InChI=1S/C14H14N2O3/c1-19-13-7-3-5-11(9-13)16-14(18)15-10-4-2-6-12(17)8-10/h2-9,17H,1H3,(H2,15,16,18). The number of hydrogen-bond donors (Lipinski definition) is 3. The van der Waals surface area contributed by atoms with Gasteiger partial charge in [-0.15, -0.1) is 0 Å². The predicted octanol–water partition coefficient (Wildman–Crippen LogP) is 3.04. The Morgan fingerprint density at radius 2 is 1.68 bits per heavy atom. The summed E-state index contributed by atoms with van der Waals surface area (Å²) in [5.74, 6) is 0.759. The fourth-order valence-electron chi connectivity index (χ4n) is 1.58. The molecule has 0 aliphatic rings. The molecule has 0 saturated carbocycles. The van der Waals surface area contributed by atoms with Crippen LogP contribution in [0.5, 0.6) is 11.5 Å². The number of phenols is 1. The maximum absolute atomic E-state index is 11.7. The Labute approximate surface area is 110 Å². The van der Waals surface area contributed by atoms with Gasteiger partial charge in [-0.1, -0.05) is 12.1 Å². The molecule has 0 spiro atoms. The summed E-state index contributed by atoms with van der Waals surface area (Å²) in [6.07, 6.45) is 0. The highest BCUT2D eigenvalue weighted by Gasteiger charge is 2.03. The van der Waals surface area contributed by atoms with Gasteiger partial charge in [0.05, 0.1) is 7.11 Å². The molecule has 0 aromatic heterocycles. The van der Waals surface area contributed by atoms with Crippen LogP contribution in [0.3, 0.4) is 0 Å². The number of hydrogen-bond acceptors (Lipinski definition) is 3. The number of amides is 2. The molecule has 0 atom stereocenters. The lowest BCUT2D eigenvalue weighted by Crippen LogP contribution is -2.19. The molecular weight excluding hydrogens is 244 g/mol. The number of ether oxygens (including phenoxy) is 1. The second-order valence-corrected chi connectivity index (χ2v) is 3.86. The maximum atomic E-state index is 11.7. The topological polar surface area (TPSA) is 70.6 Å². The summed E-state index contributed by atoms with van der Waals surface area (Å²) in [6.45, 7) is 0. The predicted molar refractivity (Wildman–Crippen MR) is 73.7 cm³/mol. The van der Waals surface area contributed by atoms with Crippen molar-refractivity contribution in [2.75, 3.05) is 17.7 Å². The van der Waals surface area contributed by atoms with Crippen LogP contribution in [0.15, 0.2) is 48.5 Å². The Hall–Kier alpha value is -2.69. The molecule has 0 heterocycles. The number of phenolic OH excluding ortho intramolecular Hbond substituents is 1. The summed E-state index contributed by atoms with van der Waals surface area (Å²) >= 11 is 0. The number of anilines is 2. The van der Waals surface area contributed by atoms with Crippen molar-refractivity contribution in [3.8, 4) is 11.5 Å². The number of rotatable bonds is 3. The summed E-state index contributed by atoms with van der Waals surface area (Å²) in [5.41, 5.74) is 1.14. The highest BCUT2D eigenvalue weighted by Crippen LogP contribution is 2.18. The monoisotopic (exact) mass is 258 g/mol. The molecule has 19 heavy (non-hydrogen) atoms. The summed E-state index contributed by atoms with van der Waals surface area (Å²) in [6, 6.07) is 13.0. The van der Waals surface area contributed by atoms with E-state index in [2.05, 4.69) is 10.6 Å². The minimum Gasteiger partial charge on any atom is -0.508 e. The van der Waals surface area contributed by atoms with E-state index in [-0.39, 0.29) is 11.8 Å². The second kappa shape index (κ2) is 5.77. The van der Waals surface area contributed by atoms with Crippen molar-refractivity contribution in [2.24, 2.45) is 0 Å². The van der Waals surface area contributed by atoms with Gasteiger partial charge in [-0.25, -0.2) is 4.79 Å². The third-order valence-corrected chi connectivity index (χ3v) is 2.43. The molecule has 3 N–H and O–H groups in total. The molecular formula is C14H14N2O3. The maximum Gasteiger partial charge on any atom is 0.323 e. The fraction of sp³-hybridized carbons (Fsp3) is 0.0714. The number of nitrogens with one attached hydrogen (secondary N) is 2. The normalized spacial score (nSPS) is 9.74. The van der Waals surface area contributed by atoms with Crippen LogP contribution in [-0.2, 0) is 0 Å². The molecule has 0 radical (unpaired) electrons. The van der Waals surface area contributed by atoms with Gasteiger partial charge in [0.1, 0.15) is 11.5 Å². The molecule has 0 fully saturated rings. The van der Waals surface area contributed by atoms with Crippen LogP contribution in [0.4, 0.5) is 16.2 Å². The lowest BCUT2D eigenvalue weighted by Gasteiger charge is -2.08. The average Bonchev–Trinajstić information content (AvgIpc) is 2.38.